The molecule has 0 aliphatic rings. The number of anilines is 1. The summed E-state index contributed by atoms with van der Waals surface area (Å²) in [5.74, 6) is 1.26. The smallest absolute Gasteiger partial charge is 0.221 e. The van der Waals surface area contributed by atoms with Crippen LogP contribution in [0, 0.1) is 19.8 Å². The van der Waals surface area contributed by atoms with E-state index in [4.69, 9.17) is 0 Å². The molecule has 0 saturated carbocycles. The SMILES string of the molecule is Cc1ncc(NCCC(=O)NCC(C)C)nc1C. The van der Waals surface area contributed by atoms with Crippen molar-refractivity contribution in [3.8, 4) is 0 Å². The van der Waals surface area contributed by atoms with Gasteiger partial charge in [0.1, 0.15) is 5.82 Å². The van der Waals surface area contributed by atoms with E-state index in [0.29, 0.717) is 18.9 Å². The van der Waals surface area contributed by atoms with Crippen LogP contribution in [0.5, 0.6) is 0 Å². The van der Waals surface area contributed by atoms with Crippen molar-refractivity contribution in [2.45, 2.75) is 34.1 Å². The molecule has 5 nitrogen and oxygen atoms in total. The normalized spacial score (nSPS) is 10.5. The van der Waals surface area contributed by atoms with Crippen molar-refractivity contribution in [2.75, 3.05) is 18.4 Å². The number of hydrogen-bond donors (Lipinski definition) is 2. The van der Waals surface area contributed by atoms with Crippen LogP contribution >= 0.6 is 0 Å². The van der Waals surface area contributed by atoms with Gasteiger partial charge in [0.05, 0.1) is 17.6 Å². The van der Waals surface area contributed by atoms with Gasteiger partial charge in [-0.3, -0.25) is 9.78 Å². The molecule has 0 radical (unpaired) electrons. The van der Waals surface area contributed by atoms with Gasteiger partial charge < -0.3 is 10.6 Å². The summed E-state index contributed by atoms with van der Waals surface area (Å²) in [6.07, 6.45) is 2.13. The number of rotatable bonds is 6. The minimum absolute atomic E-state index is 0.0630. The van der Waals surface area contributed by atoms with Crippen LogP contribution in [0.2, 0.25) is 0 Å². The van der Waals surface area contributed by atoms with Crippen molar-refractivity contribution < 1.29 is 4.79 Å². The van der Waals surface area contributed by atoms with Crippen LogP contribution in [0.15, 0.2) is 6.20 Å². The second-order valence-corrected chi connectivity index (χ2v) is 4.80. The van der Waals surface area contributed by atoms with Gasteiger partial charge in [-0.25, -0.2) is 4.98 Å². The third-order valence-electron chi connectivity index (χ3n) is 2.56. The van der Waals surface area contributed by atoms with Gasteiger partial charge in [-0.15, -0.1) is 0 Å². The summed E-state index contributed by atoms with van der Waals surface area (Å²) >= 11 is 0. The van der Waals surface area contributed by atoms with Crippen LogP contribution < -0.4 is 10.6 Å². The molecular formula is C13H22N4O. The van der Waals surface area contributed by atoms with E-state index in [1.807, 2.05) is 13.8 Å². The standard InChI is InChI=1S/C13H22N4O/c1-9(2)7-16-13(18)5-6-14-12-8-15-10(3)11(4)17-12/h8-9H,5-7H2,1-4H3,(H,14,17)(H,16,18). The van der Waals surface area contributed by atoms with Crippen LogP contribution in [0.25, 0.3) is 0 Å². The highest BCUT2D eigenvalue weighted by molar-refractivity contribution is 5.76. The highest BCUT2D eigenvalue weighted by Gasteiger charge is 2.03. The molecule has 1 aromatic rings. The molecule has 5 heteroatoms. The summed E-state index contributed by atoms with van der Waals surface area (Å²) in [6, 6.07) is 0. The first kappa shape index (κ1) is 14.4. The fraction of sp³-hybridized carbons (Fsp3) is 0.615. The van der Waals surface area contributed by atoms with Crippen LogP contribution in [-0.4, -0.2) is 29.0 Å². The van der Waals surface area contributed by atoms with E-state index in [-0.39, 0.29) is 5.91 Å². The van der Waals surface area contributed by atoms with E-state index < -0.39 is 0 Å². The van der Waals surface area contributed by atoms with Gasteiger partial charge >= 0.3 is 0 Å². The molecule has 0 fully saturated rings. The summed E-state index contributed by atoms with van der Waals surface area (Å²) in [7, 11) is 0. The van der Waals surface area contributed by atoms with Crippen molar-refractivity contribution in [1.29, 1.82) is 0 Å². The van der Waals surface area contributed by atoms with E-state index in [1.165, 1.54) is 0 Å². The number of aromatic nitrogens is 2. The van der Waals surface area contributed by atoms with Gasteiger partial charge in [-0.2, -0.15) is 0 Å². The van der Waals surface area contributed by atoms with E-state index in [0.717, 1.165) is 23.8 Å². The monoisotopic (exact) mass is 250 g/mol. The van der Waals surface area contributed by atoms with Crippen molar-refractivity contribution in [1.82, 2.24) is 15.3 Å². The van der Waals surface area contributed by atoms with Gasteiger partial charge in [0.25, 0.3) is 0 Å². The van der Waals surface area contributed by atoms with Gasteiger partial charge in [-0.05, 0) is 19.8 Å². The molecule has 0 aliphatic heterocycles. The molecule has 1 amide bonds. The van der Waals surface area contributed by atoms with Crippen molar-refractivity contribution in [2.24, 2.45) is 5.92 Å². The predicted octanol–water partition coefficient (Wildman–Crippen LogP) is 1.67. The number of hydrogen-bond acceptors (Lipinski definition) is 4. The fourth-order valence-corrected chi connectivity index (χ4v) is 1.34. The minimum atomic E-state index is 0.0630. The first-order valence-corrected chi connectivity index (χ1v) is 6.30. The molecular weight excluding hydrogens is 228 g/mol. The van der Waals surface area contributed by atoms with Crippen LogP contribution in [-0.2, 0) is 4.79 Å². The fourth-order valence-electron chi connectivity index (χ4n) is 1.34. The average molecular weight is 250 g/mol. The average Bonchev–Trinajstić information content (AvgIpc) is 2.31. The van der Waals surface area contributed by atoms with E-state index in [9.17, 15) is 4.79 Å². The second-order valence-electron chi connectivity index (χ2n) is 4.80. The molecule has 0 spiro atoms. The summed E-state index contributed by atoms with van der Waals surface area (Å²) in [6.45, 7) is 9.28. The van der Waals surface area contributed by atoms with Crippen molar-refractivity contribution in [3.05, 3.63) is 17.6 Å². The molecule has 1 aromatic heterocycles. The lowest BCUT2D eigenvalue weighted by Gasteiger charge is -2.09. The van der Waals surface area contributed by atoms with Gasteiger partial charge in [0.2, 0.25) is 5.91 Å². The molecule has 0 aliphatic carbocycles. The number of nitrogens with one attached hydrogen (secondary N) is 2. The Morgan fingerprint density at radius 1 is 1.33 bits per heavy atom. The Kier molecular flexibility index (Phi) is 5.55. The molecule has 2 N–H and O–H groups in total. The number of amides is 1. The third kappa shape index (κ3) is 5.12. The van der Waals surface area contributed by atoms with Crippen molar-refractivity contribution >= 4 is 11.7 Å². The maximum absolute atomic E-state index is 11.5. The molecule has 100 valence electrons. The zero-order valence-electron chi connectivity index (χ0n) is 11.6. The Bertz CT molecular complexity index is 404. The Balaban J connectivity index is 2.28. The first-order valence-electron chi connectivity index (χ1n) is 6.30. The van der Waals surface area contributed by atoms with Gasteiger partial charge in [0, 0.05) is 19.5 Å². The number of carbonyl (C=O) groups excluding carboxylic acids is 1. The lowest BCUT2D eigenvalue weighted by atomic mass is 10.2. The molecule has 18 heavy (non-hydrogen) atoms. The zero-order chi connectivity index (χ0) is 13.5. The topological polar surface area (TPSA) is 66.9 Å². The van der Waals surface area contributed by atoms with Crippen LogP contribution in [0.1, 0.15) is 31.7 Å². The maximum Gasteiger partial charge on any atom is 0.221 e. The molecule has 1 heterocycles. The Morgan fingerprint density at radius 2 is 2.06 bits per heavy atom. The molecule has 0 unspecified atom stereocenters. The zero-order valence-corrected chi connectivity index (χ0v) is 11.6. The van der Waals surface area contributed by atoms with E-state index in [1.54, 1.807) is 6.20 Å². The molecule has 0 saturated heterocycles. The highest BCUT2D eigenvalue weighted by Crippen LogP contribution is 2.05. The van der Waals surface area contributed by atoms with E-state index in [2.05, 4.69) is 34.4 Å². The molecule has 0 atom stereocenters. The number of carbonyl (C=O) groups is 1. The highest BCUT2D eigenvalue weighted by atomic mass is 16.1. The maximum atomic E-state index is 11.5. The summed E-state index contributed by atoms with van der Waals surface area (Å²) in [5.41, 5.74) is 1.83. The third-order valence-corrected chi connectivity index (χ3v) is 2.56. The largest absolute Gasteiger partial charge is 0.368 e. The second kappa shape index (κ2) is 6.93. The number of nitrogens with zero attached hydrogens (tertiary/aromatic N) is 2. The first-order chi connectivity index (χ1) is 8.49. The number of aryl methyl sites for hydroxylation is 2. The summed E-state index contributed by atoms with van der Waals surface area (Å²) < 4.78 is 0. The predicted molar refractivity (Wildman–Crippen MR) is 72.5 cm³/mol. The summed E-state index contributed by atoms with van der Waals surface area (Å²) in [5, 5.41) is 5.97. The van der Waals surface area contributed by atoms with Crippen LogP contribution in [0.3, 0.4) is 0 Å². The van der Waals surface area contributed by atoms with Gasteiger partial charge in [0.15, 0.2) is 0 Å². The quantitative estimate of drug-likeness (QED) is 0.806. The Morgan fingerprint density at radius 3 is 2.67 bits per heavy atom. The summed E-state index contributed by atoms with van der Waals surface area (Å²) in [4.78, 5) is 20.0. The lowest BCUT2D eigenvalue weighted by Crippen LogP contribution is -2.28. The Labute approximate surface area is 108 Å². The van der Waals surface area contributed by atoms with E-state index >= 15 is 0 Å². The van der Waals surface area contributed by atoms with Crippen molar-refractivity contribution in [3.63, 3.8) is 0 Å². The molecule has 0 bridgehead atoms. The van der Waals surface area contributed by atoms with Gasteiger partial charge in [-0.1, -0.05) is 13.8 Å². The molecule has 0 aromatic carbocycles. The van der Waals surface area contributed by atoms with Crippen LogP contribution in [0.4, 0.5) is 5.82 Å². The Hall–Kier alpha value is -1.65. The lowest BCUT2D eigenvalue weighted by molar-refractivity contribution is -0.120. The minimum Gasteiger partial charge on any atom is -0.368 e. The molecule has 1 rings (SSSR count).